The van der Waals surface area contributed by atoms with E-state index in [4.69, 9.17) is 9.94 Å². The quantitative estimate of drug-likeness (QED) is 0.856. The summed E-state index contributed by atoms with van der Waals surface area (Å²) >= 11 is 0. The maximum atomic E-state index is 11.1. The molecule has 0 spiro atoms. The molecule has 1 aromatic rings. The second-order valence-corrected chi connectivity index (χ2v) is 4.66. The summed E-state index contributed by atoms with van der Waals surface area (Å²) in [7, 11) is 0. The molecule has 0 saturated carbocycles. The van der Waals surface area contributed by atoms with Crippen molar-refractivity contribution in [3.63, 3.8) is 0 Å². The summed E-state index contributed by atoms with van der Waals surface area (Å²) in [5.41, 5.74) is 1.40. The summed E-state index contributed by atoms with van der Waals surface area (Å²) < 4.78 is 0. The third-order valence-corrected chi connectivity index (χ3v) is 3.03. The van der Waals surface area contributed by atoms with Gasteiger partial charge in [0.05, 0.1) is 11.6 Å². The number of phenols is 1. The largest absolute Gasteiger partial charge is 0.508 e. The van der Waals surface area contributed by atoms with Crippen LogP contribution < -0.4 is 0 Å². The molecular formula is C13H15NO4. The third-order valence-electron chi connectivity index (χ3n) is 3.03. The van der Waals surface area contributed by atoms with Crippen LogP contribution >= 0.6 is 0 Å². The maximum absolute atomic E-state index is 11.1. The van der Waals surface area contributed by atoms with Gasteiger partial charge in [-0.2, -0.15) is 0 Å². The Morgan fingerprint density at radius 1 is 1.33 bits per heavy atom. The zero-order chi connectivity index (χ0) is 13.3. The van der Waals surface area contributed by atoms with Crippen LogP contribution in [0.25, 0.3) is 0 Å². The predicted molar refractivity (Wildman–Crippen MR) is 65.5 cm³/mol. The minimum Gasteiger partial charge on any atom is -0.508 e. The Labute approximate surface area is 105 Å². The van der Waals surface area contributed by atoms with Gasteiger partial charge >= 0.3 is 5.97 Å². The van der Waals surface area contributed by atoms with E-state index in [2.05, 4.69) is 5.16 Å². The lowest BCUT2D eigenvalue weighted by Gasteiger charge is -2.19. The molecule has 0 aliphatic carbocycles. The van der Waals surface area contributed by atoms with Crippen molar-refractivity contribution in [3.05, 3.63) is 29.8 Å². The Hall–Kier alpha value is -2.04. The first-order valence-corrected chi connectivity index (χ1v) is 5.76. The molecule has 0 aromatic heterocycles. The lowest BCUT2D eigenvalue weighted by molar-refractivity contribution is -0.151. The van der Waals surface area contributed by atoms with Crippen molar-refractivity contribution >= 4 is 11.7 Å². The number of nitrogens with zero attached hydrogens (tertiary/aromatic N) is 1. The number of carboxylic acids is 1. The van der Waals surface area contributed by atoms with Crippen LogP contribution in [0.1, 0.15) is 19.4 Å². The fourth-order valence-corrected chi connectivity index (χ4v) is 2.12. The minimum atomic E-state index is -1.01. The molecule has 0 amide bonds. The van der Waals surface area contributed by atoms with E-state index in [1.807, 2.05) is 13.8 Å². The topological polar surface area (TPSA) is 79.1 Å². The molecule has 0 saturated heterocycles. The van der Waals surface area contributed by atoms with Crippen molar-refractivity contribution in [3.8, 4) is 5.75 Å². The first kappa shape index (κ1) is 12.4. The molecular weight excluding hydrogens is 234 g/mol. The molecule has 1 heterocycles. The van der Waals surface area contributed by atoms with E-state index in [0.717, 1.165) is 5.56 Å². The Bertz CT molecular complexity index is 478. The maximum Gasteiger partial charge on any atom is 0.348 e. The number of rotatable bonds is 3. The van der Waals surface area contributed by atoms with Crippen LogP contribution in [0.15, 0.2) is 29.4 Å². The summed E-state index contributed by atoms with van der Waals surface area (Å²) in [4.78, 5) is 16.1. The highest BCUT2D eigenvalue weighted by atomic mass is 16.7. The fourth-order valence-electron chi connectivity index (χ4n) is 2.12. The Morgan fingerprint density at radius 2 is 1.94 bits per heavy atom. The standard InChI is InChI=1S/C13H15NO4/c1-7(2)10-11(14-18-12(10)13(16)17)8-3-5-9(15)6-4-8/h3-7,10,12,15H,1-2H3,(H,16,17). The fraction of sp³-hybridized carbons (Fsp3) is 0.385. The van der Waals surface area contributed by atoms with Crippen molar-refractivity contribution in [2.75, 3.05) is 0 Å². The smallest absolute Gasteiger partial charge is 0.348 e. The molecule has 0 radical (unpaired) electrons. The number of benzene rings is 1. The molecule has 1 aliphatic rings. The lowest BCUT2D eigenvalue weighted by Crippen LogP contribution is -2.34. The summed E-state index contributed by atoms with van der Waals surface area (Å²) in [6.45, 7) is 3.87. The number of carboxylic acid groups (broad SMARTS) is 1. The summed E-state index contributed by atoms with van der Waals surface area (Å²) in [6.07, 6.45) is -0.936. The van der Waals surface area contributed by atoms with Gasteiger partial charge < -0.3 is 15.1 Å². The SMILES string of the molecule is CC(C)C1C(c2ccc(O)cc2)=NOC1C(=O)O. The number of aliphatic carboxylic acids is 1. The molecule has 96 valence electrons. The average molecular weight is 249 g/mol. The molecule has 1 aliphatic heterocycles. The molecule has 5 nitrogen and oxygen atoms in total. The predicted octanol–water partition coefficient (Wildman–Crippen LogP) is 1.85. The first-order valence-electron chi connectivity index (χ1n) is 5.76. The third kappa shape index (κ3) is 2.16. The molecule has 18 heavy (non-hydrogen) atoms. The van der Waals surface area contributed by atoms with Gasteiger partial charge in [0.1, 0.15) is 5.75 Å². The van der Waals surface area contributed by atoms with Crippen molar-refractivity contribution in [1.29, 1.82) is 0 Å². The number of phenolic OH excluding ortho intramolecular Hbond substituents is 1. The number of aromatic hydroxyl groups is 1. The minimum absolute atomic E-state index is 0.0983. The van der Waals surface area contributed by atoms with E-state index >= 15 is 0 Å². The molecule has 2 rings (SSSR count). The zero-order valence-electron chi connectivity index (χ0n) is 10.2. The van der Waals surface area contributed by atoms with Crippen molar-refractivity contribution in [2.24, 2.45) is 17.0 Å². The normalized spacial score (nSPS) is 22.7. The van der Waals surface area contributed by atoms with Gasteiger partial charge in [-0.05, 0) is 30.2 Å². The van der Waals surface area contributed by atoms with Crippen LogP contribution in [-0.2, 0) is 9.63 Å². The van der Waals surface area contributed by atoms with Crippen LogP contribution in [-0.4, -0.2) is 28.0 Å². The molecule has 0 fully saturated rings. The van der Waals surface area contributed by atoms with Crippen LogP contribution in [0, 0.1) is 11.8 Å². The molecule has 1 aromatic carbocycles. The monoisotopic (exact) mass is 249 g/mol. The van der Waals surface area contributed by atoms with Crippen LogP contribution in [0.2, 0.25) is 0 Å². The summed E-state index contributed by atoms with van der Waals surface area (Å²) in [5.74, 6) is -1.03. The molecule has 2 unspecified atom stereocenters. The van der Waals surface area contributed by atoms with E-state index in [0.29, 0.717) is 5.71 Å². The van der Waals surface area contributed by atoms with Crippen LogP contribution in [0.5, 0.6) is 5.75 Å². The average Bonchev–Trinajstić information content (AvgIpc) is 2.74. The van der Waals surface area contributed by atoms with Gasteiger partial charge in [0.15, 0.2) is 0 Å². The van der Waals surface area contributed by atoms with Crippen LogP contribution in [0.3, 0.4) is 0 Å². The van der Waals surface area contributed by atoms with Gasteiger partial charge in [-0.15, -0.1) is 0 Å². The highest BCUT2D eigenvalue weighted by Gasteiger charge is 2.41. The van der Waals surface area contributed by atoms with E-state index in [9.17, 15) is 9.90 Å². The molecule has 0 bridgehead atoms. The summed E-state index contributed by atoms with van der Waals surface area (Å²) in [5, 5.41) is 22.2. The van der Waals surface area contributed by atoms with Gasteiger partial charge in [-0.1, -0.05) is 19.0 Å². The van der Waals surface area contributed by atoms with Crippen LogP contribution in [0.4, 0.5) is 0 Å². The van der Waals surface area contributed by atoms with E-state index < -0.39 is 12.1 Å². The Kier molecular flexibility index (Phi) is 3.23. The lowest BCUT2D eigenvalue weighted by atomic mass is 9.83. The molecule has 2 N–H and O–H groups in total. The van der Waals surface area contributed by atoms with Gasteiger partial charge in [-0.3, -0.25) is 0 Å². The van der Waals surface area contributed by atoms with E-state index in [1.54, 1.807) is 24.3 Å². The van der Waals surface area contributed by atoms with Crippen molar-refractivity contribution in [2.45, 2.75) is 20.0 Å². The highest BCUT2D eigenvalue weighted by molar-refractivity contribution is 6.05. The molecule has 5 heteroatoms. The number of hydrogen-bond donors (Lipinski definition) is 2. The van der Waals surface area contributed by atoms with Gasteiger partial charge in [0, 0.05) is 5.56 Å². The van der Waals surface area contributed by atoms with Crippen molar-refractivity contribution in [1.82, 2.24) is 0 Å². The molecule has 2 atom stereocenters. The second kappa shape index (κ2) is 4.68. The summed E-state index contributed by atoms with van der Waals surface area (Å²) in [6, 6.07) is 6.50. The van der Waals surface area contributed by atoms with E-state index in [1.165, 1.54) is 0 Å². The van der Waals surface area contributed by atoms with E-state index in [-0.39, 0.29) is 17.6 Å². The first-order chi connectivity index (χ1) is 8.50. The Morgan fingerprint density at radius 3 is 2.44 bits per heavy atom. The Balaban J connectivity index is 2.33. The second-order valence-electron chi connectivity index (χ2n) is 4.66. The van der Waals surface area contributed by atoms with Gasteiger partial charge in [0.2, 0.25) is 6.10 Å². The highest BCUT2D eigenvalue weighted by Crippen LogP contribution is 2.30. The number of carbonyl (C=O) groups is 1. The van der Waals surface area contributed by atoms with Crippen molar-refractivity contribution < 1.29 is 19.8 Å². The van der Waals surface area contributed by atoms with Gasteiger partial charge in [0.25, 0.3) is 0 Å². The van der Waals surface area contributed by atoms with Gasteiger partial charge in [-0.25, -0.2) is 4.79 Å². The number of oxime groups is 1. The zero-order valence-corrected chi connectivity index (χ0v) is 10.2. The number of hydrogen-bond acceptors (Lipinski definition) is 4.